The van der Waals surface area contributed by atoms with Crippen molar-refractivity contribution < 1.29 is 23.9 Å². The summed E-state index contributed by atoms with van der Waals surface area (Å²) in [4.78, 5) is 50.9. The van der Waals surface area contributed by atoms with Gasteiger partial charge in [-0.1, -0.05) is 20.8 Å². The second-order valence-corrected chi connectivity index (χ2v) is 7.56. The molecule has 1 aromatic rings. The van der Waals surface area contributed by atoms with Gasteiger partial charge in [-0.15, -0.1) is 0 Å². The minimum atomic E-state index is -0.853. The number of likely N-dealkylation sites (tertiary alicyclic amines) is 1. The van der Waals surface area contributed by atoms with Gasteiger partial charge in [0, 0.05) is 31.6 Å². The molecule has 2 heterocycles. The van der Waals surface area contributed by atoms with E-state index in [2.05, 4.69) is 15.7 Å². The van der Waals surface area contributed by atoms with Crippen LogP contribution >= 0.6 is 0 Å². The standard InChI is InChI=1S/C20H31N5O5/c1-5-9-25-16(15(11-21-25)20(29)30-6-2)23-18(27)19(28)24-10-7-8-14(12-24)22-17(26)13(3)4/h11,13-14H,5-10,12H2,1-4H3,(H,22,26)(H,23,27). The molecule has 30 heavy (non-hydrogen) atoms. The van der Waals surface area contributed by atoms with Crippen molar-refractivity contribution in [1.29, 1.82) is 0 Å². The summed E-state index contributed by atoms with van der Waals surface area (Å²) < 4.78 is 6.48. The number of aromatic nitrogens is 2. The number of anilines is 1. The highest BCUT2D eigenvalue weighted by Crippen LogP contribution is 2.18. The number of nitrogens with one attached hydrogen (secondary N) is 2. The summed E-state index contributed by atoms with van der Waals surface area (Å²) in [6.07, 6.45) is 3.49. The zero-order valence-corrected chi connectivity index (χ0v) is 18.1. The molecule has 1 saturated heterocycles. The molecule has 1 aromatic heterocycles. The maximum absolute atomic E-state index is 12.7. The van der Waals surface area contributed by atoms with Crippen LogP contribution in [0.4, 0.5) is 5.82 Å². The molecule has 0 bridgehead atoms. The number of amides is 3. The van der Waals surface area contributed by atoms with Gasteiger partial charge in [0.05, 0.1) is 12.8 Å². The largest absolute Gasteiger partial charge is 0.462 e. The van der Waals surface area contributed by atoms with Crippen molar-refractivity contribution >= 4 is 29.5 Å². The van der Waals surface area contributed by atoms with E-state index < -0.39 is 17.8 Å². The van der Waals surface area contributed by atoms with Crippen LogP contribution in [0.25, 0.3) is 0 Å². The van der Waals surface area contributed by atoms with Gasteiger partial charge >= 0.3 is 17.8 Å². The van der Waals surface area contributed by atoms with Crippen molar-refractivity contribution in [3.63, 3.8) is 0 Å². The third-order valence-electron chi connectivity index (χ3n) is 4.78. The summed E-state index contributed by atoms with van der Waals surface area (Å²) in [5.41, 5.74) is 0.104. The van der Waals surface area contributed by atoms with E-state index in [4.69, 9.17) is 4.74 Å². The van der Waals surface area contributed by atoms with Crippen LogP contribution in [0.1, 0.15) is 57.3 Å². The van der Waals surface area contributed by atoms with Crippen LogP contribution in [-0.2, 0) is 25.7 Å². The van der Waals surface area contributed by atoms with Crippen molar-refractivity contribution in [2.24, 2.45) is 5.92 Å². The summed E-state index contributed by atoms with van der Waals surface area (Å²) in [6.45, 7) is 8.56. The first-order chi connectivity index (χ1) is 14.3. The highest BCUT2D eigenvalue weighted by molar-refractivity contribution is 6.39. The zero-order valence-electron chi connectivity index (χ0n) is 18.1. The Kier molecular flexibility index (Phi) is 8.37. The third-order valence-corrected chi connectivity index (χ3v) is 4.78. The number of carbonyl (C=O) groups is 4. The molecule has 10 heteroatoms. The maximum Gasteiger partial charge on any atom is 0.343 e. The Bertz CT molecular complexity index is 789. The fourth-order valence-electron chi connectivity index (χ4n) is 3.21. The fraction of sp³-hybridized carbons (Fsp3) is 0.650. The van der Waals surface area contributed by atoms with E-state index in [-0.39, 0.29) is 42.4 Å². The third kappa shape index (κ3) is 5.80. The average molecular weight is 421 g/mol. The Morgan fingerprint density at radius 2 is 2.00 bits per heavy atom. The number of aryl methyl sites for hydroxylation is 1. The summed E-state index contributed by atoms with van der Waals surface area (Å²) in [5.74, 6) is -2.26. The number of hydrogen-bond donors (Lipinski definition) is 2. The van der Waals surface area contributed by atoms with E-state index in [0.717, 1.165) is 12.8 Å². The van der Waals surface area contributed by atoms with Gasteiger partial charge < -0.3 is 20.3 Å². The zero-order chi connectivity index (χ0) is 22.3. The SMILES string of the molecule is CCCn1ncc(C(=O)OCC)c1NC(=O)C(=O)N1CCCC(NC(=O)C(C)C)C1. The molecule has 0 saturated carbocycles. The molecular formula is C20H31N5O5. The molecule has 2 rings (SSSR count). The molecule has 3 amide bonds. The number of esters is 1. The molecule has 166 valence electrons. The number of hydrogen-bond acceptors (Lipinski definition) is 6. The van der Waals surface area contributed by atoms with Crippen LogP contribution in [0.5, 0.6) is 0 Å². The number of carbonyl (C=O) groups excluding carboxylic acids is 4. The van der Waals surface area contributed by atoms with Crippen molar-refractivity contribution in [2.45, 2.75) is 59.5 Å². The van der Waals surface area contributed by atoms with E-state index in [9.17, 15) is 19.2 Å². The summed E-state index contributed by atoms with van der Waals surface area (Å²) >= 11 is 0. The average Bonchev–Trinajstić information content (AvgIpc) is 3.10. The molecule has 1 fully saturated rings. The lowest BCUT2D eigenvalue weighted by atomic mass is 10.0. The molecule has 10 nitrogen and oxygen atoms in total. The molecule has 0 radical (unpaired) electrons. The van der Waals surface area contributed by atoms with E-state index >= 15 is 0 Å². The first-order valence-electron chi connectivity index (χ1n) is 10.4. The van der Waals surface area contributed by atoms with Crippen LogP contribution in [0.15, 0.2) is 6.20 Å². The lowest BCUT2D eigenvalue weighted by Gasteiger charge is -2.33. The van der Waals surface area contributed by atoms with Crippen molar-refractivity contribution in [2.75, 3.05) is 25.0 Å². The van der Waals surface area contributed by atoms with Gasteiger partial charge in [-0.3, -0.25) is 14.4 Å². The molecule has 1 aliphatic heterocycles. The van der Waals surface area contributed by atoms with Crippen molar-refractivity contribution in [3.8, 4) is 0 Å². The van der Waals surface area contributed by atoms with Gasteiger partial charge in [0.25, 0.3) is 0 Å². The lowest BCUT2D eigenvalue weighted by molar-refractivity contribution is -0.144. The molecule has 0 aliphatic carbocycles. The smallest absolute Gasteiger partial charge is 0.343 e. The van der Waals surface area contributed by atoms with Gasteiger partial charge in [0.15, 0.2) is 0 Å². The molecule has 0 spiro atoms. The first kappa shape index (κ1) is 23.4. The van der Waals surface area contributed by atoms with E-state index in [0.29, 0.717) is 19.5 Å². The van der Waals surface area contributed by atoms with Crippen molar-refractivity contribution in [1.82, 2.24) is 20.0 Å². The summed E-state index contributed by atoms with van der Waals surface area (Å²) in [5, 5.41) is 9.57. The van der Waals surface area contributed by atoms with Gasteiger partial charge in [-0.05, 0) is 26.2 Å². The van der Waals surface area contributed by atoms with Gasteiger partial charge in [-0.25, -0.2) is 9.48 Å². The van der Waals surface area contributed by atoms with Gasteiger partial charge in [0.1, 0.15) is 11.4 Å². The Balaban J connectivity index is 2.09. The first-order valence-corrected chi connectivity index (χ1v) is 10.4. The minimum Gasteiger partial charge on any atom is -0.462 e. The van der Waals surface area contributed by atoms with Gasteiger partial charge in [-0.2, -0.15) is 5.10 Å². The number of nitrogens with zero attached hydrogens (tertiary/aromatic N) is 3. The van der Waals surface area contributed by atoms with Crippen LogP contribution in [0, 0.1) is 5.92 Å². The highest BCUT2D eigenvalue weighted by Gasteiger charge is 2.30. The minimum absolute atomic E-state index is 0.0821. The Morgan fingerprint density at radius 1 is 1.27 bits per heavy atom. The van der Waals surface area contributed by atoms with Crippen LogP contribution in [0.2, 0.25) is 0 Å². The maximum atomic E-state index is 12.7. The lowest BCUT2D eigenvalue weighted by Crippen LogP contribution is -2.52. The predicted octanol–water partition coefficient (Wildman–Crippen LogP) is 1.17. The Morgan fingerprint density at radius 3 is 2.63 bits per heavy atom. The van der Waals surface area contributed by atoms with E-state index in [1.165, 1.54) is 15.8 Å². The van der Waals surface area contributed by atoms with Crippen LogP contribution in [0.3, 0.4) is 0 Å². The number of ether oxygens (including phenoxy) is 1. The van der Waals surface area contributed by atoms with Crippen LogP contribution in [-0.4, -0.2) is 64.1 Å². The molecular weight excluding hydrogens is 390 g/mol. The quantitative estimate of drug-likeness (QED) is 0.503. The summed E-state index contributed by atoms with van der Waals surface area (Å²) in [6, 6.07) is -0.189. The van der Waals surface area contributed by atoms with Crippen LogP contribution < -0.4 is 10.6 Å². The van der Waals surface area contributed by atoms with Gasteiger partial charge in [0.2, 0.25) is 5.91 Å². The van der Waals surface area contributed by atoms with E-state index in [1.54, 1.807) is 20.8 Å². The van der Waals surface area contributed by atoms with E-state index in [1.807, 2.05) is 6.92 Å². The van der Waals surface area contributed by atoms with Crippen molar-refractivity contribution in [3.05, 3.63) is 11.8 Å². The molecule has 1 aliphatic rings. The normalized spacial score (nSPS) is 16.3. The number of piperidine rings is 1. The monoisotopic (exact) mass is 421 g/mol. The topological polar surface area (TPSA) is 123 Å². The molecule has 1 atom stereocenters. The molecule has 1 unspecified atom stereocenters. The second kappa shape index (κ2) is 10.7. The molecule has 0 aromatic carbocycles. The Labute approximate surface area is 176 Å². The Hall–Kier alpha value is -2.91. The predicted molar refractivity (Wildman–Crippen MR) is 110 cm³/mol. The number of rotatable bonds is 7. The highest BCUT2D eigenvalue weighted by atomic mass is 16.5. The fourth-order valence-corrected chi connectivity index (χ4v) is 3.21. The molecule has 2 N–H and O–H groups in total. The second-order valence-electron chi connectivity index (χ2n) is 7.56. The summed E-state index contributed by atoms with van der Waals surface area (Å²) in [7, 11) is 0.